The molecule has 0 spiro atoms. The lowest BCUT2D eigenvalue weighted by atomic mass is 10.2. The van der Waals surface area contributed by atoms with Gasteiger partial charge in [-0.3, -0.25) is 9.59 Å². The Morgan fingerprint density at radius 2 is 2.40 bits per heavy atom. The summed E-state index contributed by atoms with van der Waals surface area (Å²) in [5, 5.41) is 16.8. The van der Waals surface area contributed by atoms with Crippen molar-refractivity contribution in [3.05, 3.63) is 0 Å². The molecule has 0 rings (SSSR count). The Bertz CT molecular complexity index is 248. The Hall–Kier alpha value is -1.10. The van der Waals surface area contributed by atoms with Crippen molar-refractivity contribution in [3.8, 4) is 0 Å². The summed E-state index contributed by atoms with van der Waals surface area (Å²) in [7, 11) is 0. The van der Waals surface area contributed by atoms with Gasteiger partial charge < -0.3 is 15.9 Å². The molecule has 4 N–H and O–H groups in total. The summed E-state index contributed by atoms with van der Waals surface area (Å²) in [6.07, 6.45) is -2.82. The smallest absolute Gasteiger partial charge is 0.320 e. The highest BCUT2D eigenvalue weighted by Gasteiger charge is 2.12. The molecule has 0 saturated carbocycles. The zero-order valence-electron chi connectivity index (χ0n) is 8.94. The zero-order chi connectivity index (χ0) is 11.5. The van der Waals surface area contributed by atoms with Crippen LogP contribution in [0.5, 0.6) is 0 Å². The van der Waals surface area contributed by atoms with E-state index < -0.39 is 36.5 Å². The zero-order valence-corrected chi connectivity index (χ0v) is 4.94. The van der Waals surface area contributed by atoms with E-state index in [4.69, 9.17) is 15.8 Å². The van der Waals surface area contributed by atoms with Crippen molar-refractivity contribution in [2.75, 3.05) is 0 Å². The van der Waals surface area contributed by atoms with Crippen LogP contribution in [-0.2, 0) is 9.59 Å². The van der Waals surface area contributed by atoms with Gasteiger partial charge in [0.1, 0.15) is 8.84 Å². The third-order valence-corrected chi connectivity index (χ3v) is 0.689. The molecule has 10 heavy (non-hydrogen) atoms. The van der Waals surface area contributed by atoms with Crippen molar-refractivity contribution >= 4 is 11.9 Å². The Balaban J connectivity index is 4.82. The Kier molecular flexibility index (Phi) is 1.51. The summed E-state index contributed by atoms with van der Waals surface area (Å²) in [5.41, 5.74) is -0.490. The molecule has 0 bridgehead atoms. The number of rotatable bonds is 5. The first-order valence-electron chi connectivity index (χ1n) is 4.35. The molecule has 0 aromatic heterocycles. The summed E-state index contributed by atoms with van der Waals surface area (Å²) in [6.45, 7) is 0. The Labute approximate surface area is 63.2 Å². The van der Waals surface area contributed by atoms with Crippen LogP contribution in [0, 0.1) is 0 Å². The standard InChI is InChI=1S/C5H9NO4/c6-3(5(9)10)1-2-4(7)8/h3H,1-2,6H2,(H,7,8)(H,9,10)/i1D,3D/hD2. The predicted octanol–water partition coefficient (Wildman–Crippen LogP) is -0.737. The number of aliphatic carboxylic acids is 2. The monoisotopic (exact) mass is 151 g/mol. The van der Waals surface area contributed by atoms with Crippen molar-refractivity contribution < 1.29 is 25.4 Å². The van der Waals surface area contributed by atoms with E-state index >= 15 is 0 Å². The highest BCUT2D eigenvalue weighted by atomic mass is 16.4. The molecule has 0 aromatic carbocycles. The lowest BCUT2D eigenvalue weighted by Gasteiger charge is -2.01. The number of hydrogen-bond donors (Lipinski definition) is 3. The second-order valence-electron chi connectivity index (χ2n) is 1.49. The molecule has 0 aromatic rings. The first-order valence-corrected chi connectivity index (χ1v) is 2.38. The van der Waals surface area contributed by atoms with E-state index in [1.54, 1.807) is 0 Å². The molecule has 0 aliphatic carbocycles. The average Bonchev–Trinajstić information content (AvgIpc) is 2.00. The van der Waals surface area contributed by atoms with Crippen LogP contribution >= 0.6 is 0 Å². The minimum Gasteiger partial charge on any atom is -0.481 e. The SMILES string of the molecule is [2H]C(CC(=O)O)C([2H])(C(=O)O)N([2H])[2H]. The molecule has 58 valence electrons. The summed E-state index contributed by atoms with van der Waals surface area (Å²) >= 11 is 0. The van der Waals surface area contributed by atoms with Crippen molar-refractivity contribution in [3.63, 3.8) is 0 Å². The molecular formula is C5H9NO4. The molecular weight excluding hydrogens is 138 g/mol. The van der Waals surface area contributed by atoms with Gasteiger partial charge in [0.15, 0.2) is 0 Å². The summed E-state index contributed by atoms with van der Waals surface area (Å²) in [5.74, 6) is -3.35. The number of carboxylic acids is 2. The molecule has 5 heteroatoms. The number of nitrogens with two attached hydrogens (primary N) is 1. The first kappa shape index (κ1) is 3.92. The third-order valence-electron chi connectivity index (χ3n) is 0.689. The molecule has 0 aliphatic heterocycles. The highest BCUT2D eigenvalue weighted by Crippen LogP contribution is 1.93. The van der Waals surface area contributed by atoms with Crippen molar-refractivity contribution in [2.45, 2.75) is 18.8 Å². The topological polar surface area (TPSA) is 101 Å². The highest BCUT2D eigenvalue weighted by molar-refractivity contribution is 5.74. The molecule has 0 heterocycles. The van der Waals surface area contributed by atoms with Gasteiger partial charge in [-0.05, 0) is 6.40 Å². The molecule has 0 fully saturated rings. The number of carbonyl (C=O) groups is 2. The first-order chi connectivity index (χ1) is 6.22. The fourth-order valence-electron chi connectivity index (χ4n) is 0.271. The van der Waals surface area contributed by atoms with Gasteiger partial charge in [-0.2, -0.15) is 0 Å². The van der Waals surface area contributed by atoms with E-state index in [1.165, 1.54) is 0 Å². The van der Waals surface area contributed by atoms with Crippen molar-refractivity contribution in [2.24, 2.45) is 5.72 Å². The van der Waals surface area contributed by atoms with Crippen LogP contribution in [0.4, 0.5) is 0 Å². The molecule has 5 nitrogen and oxygen atoms in total. The van der Waals surface area contributed by atoms with Crippen LogP contribution in [0.25, 0.3) is 0 Å². The van der Waals surface area contributed by atoms with Crippen LogP contribution in [-0.4, -0.2) is 28.2 Å². The molecule has 0 aliphatic rings. The van der Waals surface area contributed by atoms with E-state index in [1.807, 2.05) is 0 Å². The van der Waals surface area contributed by atoms with E-state index in [9.17, 15) is 9.59 Å². The van der Waals surface area contributed by atoms with E-state index in [0.29, 0.717) is 0 Å². The van der Waals surface area contributed by atoms with Crippen molar-refractivity contribution in [1.82, 2.24) is 0 Å². The van der Waals surface area contributed by atoms with Gasteiger partial charge in [0, 0.05) is 7.79 Å². The number of hydrogen-bond acceptors (Lipinski definition) is 3. The van der Waals surface area contributed by atoms with Crippen LogP contribution in [0.15, 0.2) is 0 Å². The molecule has 2 unspecified atom stereocenters. The maximum absolute atomic E-state index is 10.5. The third kappa shape index (κ3) is 3.85. The van der Waals surface area contributed by atoms with Gasteiger partial charge in [0.05, 0.1) is 1.37 Å². The maximum Gasteiger partial charge on any atom is 0.320 e. The molecule has 0 amide bonds. The Morgan fingerprint density at radius 1 is 1.80 bits per heavy atom. The van der Waals surface area contributed by atoms with Gasteiger partial charge in [-0.25, -0.2) is 0 Å². The lowest BCUT2D eigenvalue weighted by Crippen LogP contribution is -2.30. The Morgan fingerprint density at radius 3 is 2.70 bits per heavy atom. The summed E-state index contributed by atoms with van der Waals surface area (Å²) in [6, 6.07) is -2.89. The molecule has 0 saturated heterocycles. The van der Waals surface area contributed by atoms with Crippen LogP contribution in [0.2, 0.25) is 2.82 Å². The fraction of sp³-hybridized carbons (Fsp3) is 0.600. The minimum absolute atomic E-state index is 0.490. The summed E-state index contributed by atoms with van der Waals surface area (Å²) < 4.78 is 27.5. The van der Waals surface area contributed by atoms with Crippen LogP contribution in [0.1, 0.15) is 15.6 Å². The minimum atomic E-state index is -2.89. The van der Waals surface area contributed by atoms with Gasteiger partial charge in [0.25, 0.3) is 0 Å². The number of carboxylic acid groups (broad SMARTS) is 2. The van der Waals surface area contributed by atoms with Crippen LogP contribution < -0.4 is 5.72 Å². The van der Waals surface area contributed by atoms with Crippen LogP contribution in [0.3, 0.4) is 0 Å². The predicted molar refractivity (Wildman–Crippen MR) is 32.5 cm³/mol. The van der Waals surface area contributed by atoms with Gasteiger partial charge in [-0.1, -0.05) is 0 Å². The van der Waals surface area contributed by atoms with Gasteiger partial charge in [0.2, 0.25) is 0 Å². The van der Waals surface area contributed by atoms with E-state index in [2.05, 4.69) is 0 Å². The van der Waals surface area contributed by atoms with Gasteiger partial charge in [-0.15, -0.1) is 0 Å². The summed E-state index contributed by atoms with van der Waals surface area (Å²) in [4.78, 5) is 20.7. The molecule has 2 atom stereocenters. The normalized spacial score (nSPS) is 24.9. The largest absolute Gasteiger partial charge is 0.481 e. The average molecular weight is 151 g/mol. The van der Waals surface area contributed by atoms with E-state index in [-0.39, 0.29) is 0 Å². The van der Waals surface area contributed by atoms with Gasteiger partial charge >= 0.3 is 11.9 Å². The van der Waals surface area contributed by atoms with Crippen molar-refractivity contribution in [1.29, 1.82) is 0 Å². The second-order valence-corrected chi connectivity index (χ2v) is 1.49. The second kappa shape index (κ2) is 3.84. The fourth-order valence-corrected chi connectivity index (χ4v) is 0.271. The maximum atomic E-state index is 10.5. The molecule has 0 radical (unpaired) electrons. The lowest BCUT2D eigenvalue weighted by molar-refractivity contribution is -0.139. The quantitative estimate of drug-likeness (QED) is 0.480. The van der Waals surface area contributed by atoms with E-state index in [0.717, 1.165) is 0 Å².